The largest absolute Gasteiger partial charge is 0.474 e. The van der Waals surface area contributed by atoms with Crippen LogP contribution in [0.15, 0.2) is 83.8 Å². The fourth-order valence-corrected chi connectivity index (χ4v) is 8.76. The minimum atomic E-state index is -4.31. The van der Waals surface area contributed by atoms with Crippen molar-refractivity contribution >= 4 is 35.5 Å². The third-order valence-electron chi connectivity index (χ3n) is 8.19. The molecular weight excluding hydrogens is 726 g/mol. The zero-order valence-corrected chi connectivity index (χ0v) is 32.6. The summed E-state index contributed by atoms with van der Waals surface area (Å²) in [5.74, 6) is -2.02. The molecule has 0 aliphatic carbocycles. The van der Waals surface area contributed by atoms with E-state index in [1.54, 1.807) is 13.8 Å². The summed E-state index contributed by atoms with van der Waals surface area (Å²) in [5.41, 5.74) is 7.04. The van der Waals surface area contributed by atoms with Gasteiger partial charge in [0, 0.05) is 25.0 Å². The number of amides is 2. The van der Waals surface area contributed by atoms with E-state index >= 15 is 0 Å². The lowest BCUT2D eigenvalue weighted by molar-refractivity contribution is -0.123. The van der Waals surface area contributed by atoms with E-state index in [-0.39, 0.29) is 55.8 Å². The first-order chi connectivity index (χ1) is 25.3. The standard InChI is InChI=1S/C37H52FN4O9PS/c1-6-49-52(45,50-7-2)51-26-30(42(25-27(3)4)53(46,47)31-21-22-33(39)32(38)24-31)20-14-15-23-40-36(43)35(41-37(44)48-5)34(28-16-10-8-11-17-28)29-18-12-9-13-19-29/h8-13,16-19,21-22,24,27,30,34-35H,6-7,14-15,20,23,25-26,39H2,1-5H3,(H,40,43)(H,41,44). The van der Waals surface area contributed by atoms with Crippen molar-refractivity contribution in [3.63, 3.8) is 0 Å². The van der Waals surface area contributed by atoms with E-state index in [2.05, 4.69) is 10.6 Å². The van der Waals surface area contributed by atoms with Gasteiger partial charge in [0.2, 0.25) is 15.9 Å². The van der Waals surface area contributed by atoms with Crippen LogP contribution in [-0.4, -0.2) is 76.8 Å². The number of sulfonamides is 1. The average molecular weight is 779 g/mol. The number of phosphoric ester groups is 1. The normalized spacial score (nSPS) is 13.2. The molecule has 0 aliphatic heterocycles. The predicted octanol–water partition coefficient (Wildman–Crippen LogP) is 6.46. The number of phosphoric acid groups is 1. The van der Waals surface area contributed by atoms with E-state index in [0.717, 1.165) is 17.2 Å². The van der Waals surface area contributed by atoms with Crippen molar-refractivity contribution in [2.45, 2.75) is 69.9 Å². The number of hydrogen-bond acceptors (Lipinski definition) is 10. The van der Waals surface area contributed by atoms with Crippen LogP contribution < -0.4 is 16.4 Å². The number of nitrogens with one attached hydrogen (secondary N) is 2. The monoisotopic (exact) mass is 778 g/mol. The Balaban J connectivity index is 1.85. The molecule has 0 fully saturated rings. The molecule has 0 saturated heterocycles. The number of nitrogen functional groups attached to an aromatic ring is 1. The first kappa shape index (κ1) is 43.6. The van der Waals surface area contributed by atoms with Gasteiger partial charge in [0.25, 0.3) is 0 Å². The van der Waals surface area contributed by atoms with Crippen LogP contribution in [0.2, 0.25) is 0 Å². The van der Waals surface area contributed by atoms with Crippen LogP contribution in [0.1, 0.15) is 64.0 Å². The first-order valence-electron chi connectivity index (χ1n) is 17.6. The van der Waals surface area contributed by atoms with Crippen LogP contribution in [0, 0.1) is 11.7 Å². The Labute approximate surface area is 312 Å². The zero-order valence-electron chi connectivity index (χ0n) is 30.9. The van der Waals surface area contributed by atoms with Crippen LogP contribution in [-0.2, 0) is 37.7 Å². The molecule has 2 amide bonds. The number of hydrogen-bond donors (Lipinski definition) is 3. The Morgan fingerprint density at radius 1 is 0.906 bits per heavy atom. The molecule has 3 aromatic rings. The van der Waals surface area contributed by atoms with Gasteiger partial charge in [0.1, 0.15) is 11.9 Å². The molecule has 0 spiro atoms. The highest BCUT2D eigenvalue weighted by molar-refractivity contribution is 7.89. The second-order valence-electron chi connectivity index (χ2n) is 12.6. The molecule has 53 heavy (non-hydrogen) atoms. The molecule has 0 heterocycles. The second kappa shape index (κ2) is 21.1. The van der Waals surface area contributed by atoms with Gasteiger partial charge in [-0.3, -0.25) is 18.4 Å². The number of carbonyl (C=O) groups excluding carboxylic acids is 2. The number of benzene rings is 3. The number of methoxy groups -OCH3 is 1. The maximum atomic E-state index is 14.5. The van der Waals surface area contributed by atoms with Crippen LogP contribution >= 0.6 is 7.82 Å². The van der Waals surface area contributed by atoms with E-state index in [1.807, 2.05) is 74.5 Å². The van der Waals surface area contributed by atoms with Gasteiger partial charge in [-0.1, -0.05) is 80.9 Å². The van der Waals surface area contributed by atoms with Gasteiger partial charge >= 0.3 is 13.9 Å². The number of unbranched alkanes of at least 4 members (excludes halogenated alkanes) is 1. The molecular formula is C37H52FN4O9PS. The molecule has 16 heteroatoms. The number of nitrogens with zero attached hydrogens (tertiary/aromatic N) is 1. The second-order valence-corrected chi connectivity index (χ2v) is 16.1. The molecule has 0 aromatic heterocycles. The summed E-state index contributed by atoms with van der Waals surface area (Å²) in [6.07, 6.45) is 0.222. The molecule has 0 saturated carbocycles. The minimum Gasteiger partial charge on any atom is -0.453 e. The third kappa shape index (κ3) is 12.9. The van der Waals surface area contributed by atoms with Crippen molar-refractivity contribution in [2.75, 3.05) is 45.8 Å². The van der Waals surface area contributed by atoms with E-state index in [9.17, 15) is 27.0 Å². The highest BCUT2D eigenvalue weighted by Gasteiger charge is 2.36. The van der Waals surface area contributed by atoms with Crippen molar-refractivity contribution in [3.05, 3.63) is 95.8 Å². The molecule has 292 valence electrons. The summed E-state index contributed by atoms with van der Waals surface area (Å²) in [4.78, 5) is 26.0. The Hall–Kier alpha value is -3.85. The molecule has 13 nitrogen and oxygen atoms in total. The van der Waals surface area contributed by atoms with E-state index in [1.165, 1.54) is 23.5 Å². The first-order valence-corrected chi connectivity index (χ1v) is 20.5. The lowest BCUT2D eigenvalue weighted by Crippen LogP contribution is -2.50. The number of nitrogens with two attached hydrogens (primary N) is 1. The van der Waals surface area contributed by atoms with Crippen LogP contribution in [0.5, 0.6) is 0 Å². The highest BCUT2D eigenvalue weighted by atomic mass is 32.2. The number of ether oxygens (including phenoxy) is 1. The summed E-state index contributed by atoms with van der Waals surface area (Å²) in [6.45, 7) is 6.84. The Bertz CT molecular complexity index is 1700. The summed E-state index contributed by atoms with van der Waals surface area (Å²) < 4.78 is 78.1. The molecule has 2 atom stereocenters. The van der Waals surface area contributed by atoms with Gasteiger partial charge in [-0.25, -0.2) is 22.2 Å². The van der Waals surface area contributed by atoms with Gasteiger partial charge in [0.15, 0.2) is 0 Å². The van der Waals surface area contributed by atoms with Crippen LogP contribution in [0.25, 0.3) is 0 Å². The van der Waals surface area contributed by atoms with Gasteiger partial charge in [-0.2, -0.15) is 4.31 Å². The summed E-state index contributed by atoms with van der Waals surface area (Å²) in [5, 5.41) is 5.61. The minimum absolute atomic E-state index is 0.0294. The molecule has 3 rings (SSSR count). The lowest BCUT2D eigenvalue weighted by Gasteiger charge is -2.33. The summed E-state index contributed by atoms with van der Waals surface area (Å²) in [7, 11) is -7.11. The van der Waals surface area contributed by atoms with Crippen molar-refractivity contribution in [2.24, 2.45) is 5.92 Å². The Morgan fingerprint density at radius 2 is 1.49 bits per heavy atom. The highest BCUT2D eigenvalue weighted by Crippen LogP contribution is 2.49. The van der Waals surface area contributed by atoms with Crippen LogP contribution in [0.3, 0.4) is 0 Å². The van der Waals surface area contributed by atoms with Gasteiger partial charge in [-0.15, -0.1) is 0 Å². The number of halogens is 1. The van der Waals surface area contributed by atoms with Crippen molar-refractivity contribution in [1.29, 1.82) is 0 Å². The fourth-order valence-electron chi connectivity index (χ4n) is 5.73. The van der Waals surface area contributed by atoms with Gasteiger partial charge < -0.3 is 21.1 Å². The van der Waals surface area contributed by atoms with E-state index < -0.39 is 53.7 Å². The quantitative estimate of drug-likeness (QED) is 0.0583. The van der Waals surface area contributed by atoms with E-state index in [0.29, 0.717) is 12.8 Å². The Kier molecular flexibility index (Phi) is 17.4. The molecule has 0 bridgehead atoms. The zero-order chi connectivity index (χ0) is 39.0. The summed E-state index contributed by atoms with van der Waals surface area (Å²) >= 11 is 0. The third-order valence-corrected chi connectivity index (χ3v) is 11.7. The predicted molar refractivity (Wildman–Crippen MR) is 201 cm³/mol. The smallest absolute Gasteiger partial charge is 0.453 e. The maximum absolute atomic E-state index is 14.5. The molecule has 0 aliphatic rings. The Morgan fingerprint density at radius 3 is 2.00 bits per heavy atom. The van der Waals surface area contributed by atoms with Crippen LogP contribution in [0.4, 0.5) is 14.9 Å². The summed E-state index contributed by atoms with van der Waals surface area (Å²) in [6, 6.07) is 20.0. The number of anilines is 1. The van der Waals surface area contributed by atoms with Crippen molar-refractivity contribution in [1.82, 2.24) is 14.9 Å². The van der Waals surface area contributed by atoms with Crippen molar-refractivity contribution in [3.8, 4) is 0 Å². The molecule has 4 N–H and O–H groups in total. The number of alkyl carbamates (subject to hydrolysis) is 1. The van der Waals surface area contributed by atoms with E-state index in [4.69, 9.17) is 24.0 Å². The average Bonchev–Trinajstić information content (AvgIpc) is 3.13. The number of rotatable bonds is 22. The topological polar surface area (TPSA) is 176 Å². The molecule has 0 radical (unpaired) electrons. The maximum Gasteiger partial charge on any atom is 0.474 e. The SMILES string of the molecule is CCOP(=O)(OCC)OCC(CCCCNC(=O)C(NC(=O)OC)C(c1ccccc1)c1ccccc1)N(CC(C)C)S(=O)(=O)c1ccc(N)c(F)c1. The lowest BCUT2D eigenvalue weighted by atomic mass is 9.84. The molecule has 2 unspecified atom stereocenters. The van der Waals surface area contributed by atoms with Crippen molar-refractivity contribution < 1.29 is 45.3 Å². The van der Waals surface area contributed by atoms with Gasteiger partial charge in [-0.05, 0) is 61.9 Å². The fraction of sp³-hybridized carbons (Fsp3) is 0.459. The molecule has 3 aromatic carbocycles. The number of carbonyl (C=O) groups is 2. The van der Waals surface area contributed by atoms with Gasteiger partial charge in [0.05, 0.1) is 37.5 Å².